The van der Waals surface area contributed by atoms with E-state index in [1.165, 1.54) is 22.9 Å². The largest absolute Gasteiger partial charge is 0.435 e. The van der Waals surface area contributed by atoms with E-state index >= 15 is 0 Å². The van der Waals surface area contributed by atoms with Crippen LogP contribution >= 0.6 is 8.38 Å². The van der Waals surface area contributed by atoms with Gasteiger partial charge in [-0.15, -0.1) is 0 Å². The highest BCUT2D eigenvalue weighted by Gasteiger charge is 2.28. The Hall–Kier alpha value is -1.79. The molecule has 0 fully saturated rings. The summed E-state index contributed by atoms with van der Waals surface area (Å²) in [6.07, 6.45) is 5.66. The molecular weight excluding hydrogens is 363 g/mol. The fourth-order valence-electron chi connectivity index (χ4n) is 3.47. The second kappa shape index (κ2) is 8.29. The summed E-state index contributed by atoms with van der Waals surface area (Å²) >= 11 is 0. The van der Waals surface area contributed by atoms with Gasteiger partial charge >= 0.3 is 8.38 Å². The van der Waals surface area contributed by atoms with Gasteiger partial charge < -0.3 is 9.05 Å². The zero-order valence-electron chi connectivity index (χ0n) is 18.1. The topological polar surface area (TPSA) is 18.5 Å². The van der Waals surface area contributed by atoms with Gasteiger partial charge in [-0.2, -0.15) is 0 Å². The molecule has 0 N–H and O–H groups in total. The third-order valence-electron chi connectivity index (χ3n) is 5.00. The lowest BCUT2D eigenvalue weighted by atomic mass is 9.86. The summed E-state index contributed by atoms with van der Waals surface area (Å²) < 4.78 is 13.2. The van der Waals surface area contributed by atoms with Crippen LogP contribution in [0, 0.1) is 0 Å². The van der Waals surface area contributed by atoms with Gasteiger partial charge in [0, 0.05) is 5.31 Å². The minimum atomic E-state index is -1.18. The van der Waals surface area contributed by atoms with Crippen LogP contribution in [0.15, 0.2) is 59.9 Å². The molecule has 28 heavy (non-hydrogen) atoms. The molecule has 0 aliphatic heterocycles. The molecule has 3 rings (SSSR count). The van der Waals surface area contributed by atoms with Crippen LogP contribution in [0.4, 0.5) is 0 Å². The van der Waals surface area contributed by atoms with E-state index in [0.717, 1.165) is 24.3 Å². The van der Waals surface area contributed by atoms with E-state index in [4.69, 9.17) is 9.05 Å². The molecule has 0 amide bonds. The molecule has 0 heterocycles. The number of allylic oxidation sites excluding steroid dienone is 2. The number of hydrogen-bond donors (Lipinski definition) is 0. The van der Waals surface area contributed by atoms with Gasteiger partial charge in [-0.05, 0) is 53.4 Å². The van der Waals surface area contributed by atoms with Crippen molar-refractivity contribution in [1.29, 1.82) is 0 Å². The Morgan fingerprint density at radius 3 is 1.57 bits per heavy atom. The van der Waals surface area contributed by atoms with Crippen LogP contribution in [0.1, 0.15) is 71.9 Å². The van der Waals surface area contributed by atoms with Gasteiger partial charge in [0.25, 0.3) is 0 Å². The van der Waals surface area contributed by atoms with E-state index < -0.39 is 8.38 Å². The number of para-hydroxylation sites is 2. The molecule has 1 aliphatic rings. The summed E-state index contributed by atoms with van der Waals surface area (Å²) in [5.74, 6) is 1.87. The Morgan fingerprint density at radius 2 is 1.18 bits per heavy atom. The molecular formula is C25H33O2P. The minimum Gasteiger partial charge on any atom is -0.435 e. The Balaban J connectivity index is 1.95. The van der Waals surface area contributed by atoms with Gasteiger partial charge in [-0.1, -0.05) is 84.0 Å². The van der Waals surface area contributed by atoms with Gasteiger partial charge in [0.05, 0.1) is 0 Å². The van der Waals surface area contributed by atoms with Gasteiger partial charge in [0.1, 0.15) is 11.5 Å². The van der Waals surface area contributed by atoms with Crippen molar-refractivity contribution in [3.8, 4) is 11.5 Å². The fraction of sp³-hybridized carbons (Fsp3) is 0.440. The molecule has 2 aromatic carbocycles. The quantitative estimate of drug-likeness (QED) is 0.475. The van der Waals surface area contributed by atoms with E-state index in [-0.39, 0.29) is 10.8 Å². The highest BCUT2D eigenvalue weighted by Crippen LogP contribution is 2.53. The summed E-state index contributed by atoms with van der Waals surface area (Å²) in [7, 11) is -1.18. The lowest BCUT2D eigenvalue weighted by molar-refractivity contribution is 0.465. The molecule has 0 radical (unpaired) electrons. The van der Waals surface area contributed by atoms with Gasteiger partial charge in [0.2, 0.25) is 0 Å². The molecule has 1 aliphatic carbocycles. The van der Waals surface area contributed by atoms with E-state index in [9.17, 15) is 0 Å². The first kappa shape index (κ1) is 20.9. The predicted octanol–water partition coefficient (Wildman–Crippen LogP) is 8.12. The molecule has 0 spiro atoms. The number of benzene rings is 2. The molecule has 0 saturated heterocycles. The average Bonchev–Trinajstić information content (AvgIpc) is 3.15. The maximum Gasteiger partial charge on any atom is 0.321 e. The van der Waals surface area contributed by atoms with Crippen molar-refractivity contribution >= 4 is 8.38 Å². The first-order chi connectivity index (χ1) is 13.2. The second-order valence-electron chi connectivity index (χ2n) is 9.52. The normalized spacial score (nSPS) is 14.9. The lowest BCUT2D eigenvalue weighted by Gasteiger charge is -2.28. The van der Waals surface area contributed by atoms with Crippen LogP contribution in [0.2, 0.25) is 0 Å². The molecule has 150 valence electrons. The molecule has 3 heteroatoms. The zero-order chi connectivity index (χ0) is 20.4. The summed E-state index contributed by atoms with van der Waals surface area (Å²) in [5, 5.41) is 1.31. The van der Waals surface area contributed by atoms with Crippen LogP contribution in [0.3, 0.4) is 0 Å². The molecule has 0 atom stereocenters. The number of hydrogen-bond acceptors (Lipinski definition) is 2. The molecule has 0 bridgehead atoms. The van der Waals surface area contributed by atoms with Crippen molar-refractivity contribution < 1.29 is 9.05 Å². The van der Waals surface area contributed by atoms with E-state index in [0.29, 0.717) is 0 Å². The summed E-state index contributed by atoms with van der Waals surface area (Å²) in [5.41, 5.74) is 2.47. The van der Waals surface area contributed by atoms with Gasteiger partial charge in [0.15, 0.2) is 0 Å². The zero-order valence-corrected chi connectivity index (χ0v) is 19.0. The van der Waals surface area contributed by atoms with Crippen molar-refractivity contribution in [1.82, 2.24) is 0 Å². The first-order valence-electron chi connectivity index (χ1n) is 10.2. The number of rotatable bonds is 5. The van der Waals surface area contributed by atoms with Crippen LogP contribution in [-0.2, 0) is 10.8 Å². The Morgan fingerprint density at radius 1 is 0.714 bits per heavy atom. The highest BCUT2D eigenvalue weighted by molar-refractivity contribution is 7.52. The van der Waals surface area contributed by atoms with E-state index in [1.54, 1.807) is 0 Å². The lowest BCUT2D eigenvalue weighted by Crippen LogP contribution is -2.14. The SMILES string of the molecule is CC(C)(C)c1ccccc1OP(Oc1ccccc1C(C)(C)C)C1=CCCC1. The Bertz CT molecular complexity index is 781. The van der Waals surface area contributed by atoms with Gasteiger partial charge in [-0.25, -0.2) is 0 Å². The molecule has 0 aromatic heterocycles. The van der Waals surface area contributed by atoms with E-state index in [1.807, 2.05) is 12.1 Å². The van der Waals surface area contributed by atoms with Crippen molar-refractivity contribution in [2.75, 3.05) is 0 Å². The van der Waals surface area contributed by atoms with Crippen molar-refractivity contribution in [2.24, 2.45) is 0 Å². The van der Waals surface area contributed by atoms with E-state index in [2.05, 4.69) is 84.0 Å². The smallest absolute Gasteiger partial charge is 0.321 e. The summed E-state index contributed by atoms with van der Waals surface area (Å²) in [4.78, 5) is 0. The Labute approximate surface area is 171 Å². The third kappa shape index (κ3) is 4.97. The second-order valence-corrected chi connectivity index (χ2v) is 11.0. The van der Waals surface area contributed by atoms with Crippen LogP contribution in [-0.4, -0.2) is 0 Å². The maximum absolute atomic E-state index is 6.60. The standard InChI is InChI=1S/C25H33O2P/c1-24(2,3)20-15-9-11-17-22(20)26-28(19-13-7-8-14-19)27-23-18-12-10-16-21(23)25(4,5)6/h9-13,15-18H,7-8,14H2,1-6H3. The van der Waals surface area contributed by atoms with Crippen molar-refractivity contribution in [3.63, 3.8) is 0 Å². The van der Waals surface area contributed by atoms with Gasteiger partial charge in [-0.3, -0.25) is 0 Å². The van der Waals surface area contributed by atoms with Crippen LogP contribution in [0.25, 0.3) is 0 Å². The molecule has 0 unspecified atom stereocenters. The Kier molecular flexibility index (Phi) is 6.20. The van der Waals surface area contributed by atoms with Crippen molar-refractivity contribution in [2.45, 2.75) is 71.6 Å². The van der Waals surface area contributed by atoms with Crippen LogP contribution in [0.5, 0.6) is 11.5 Å². The maximum atomic E-state index is 6.60. The van der Waals surface area contributed by atoms with Crippen LogP contribution < -0.4 is 9.05 Å². The first-order valence-corrected chi connectivity index (χ1v) is 11.4. The minimum absolute atomic E-state index is 0.0188. The highest BCUT2D eigenvalue weighted by atomic mass is 31.2. The fourth-order valence-corrected chi connectivity index (χ4v) is 5.03. The summed E-state index contributed by atoms with van der Waals surface area (Å²) in [6, 6.07) is 16.7. The van der Waals surface area contributed by atoms with Crippen molar-refractivity contribution in [3.05, 3.63) is 71.0 Å². The molecule has 0 saturated carbocycles. The average molecular weight is 397 g/mol. The molecule has 2 nitrogen and oxygen atoms in total. The monoisotopic (exact) mass is 396 g/mol. The predicted molar refractivity (Wildman–Crippen MR) is 120 cm³/mol. The third-order valence-corrected chi connectivity index (χ3v) is 6.60. The molecule has 2 aromatic rings. The summed E-state index contributed by atoms with van der Waals surface area (Å²) in [6.45, 7) is 13.3.